The van der Waals surface area contributed by atoms with Gasteiger partial charge in [0.25, 0.3) is 0 Å². The quantitative estimate of drug-likeness (QED) is 0.287. The normalized spacial score (nSPS) is 19.3. The number of halogens is 1. The number of hydrogen-bond acceptors (Lipinski definition) is 4. The number of methoxy groups -OCH3 is 1. The first-order valence-electron chi connectivity index (χ1n) is 13.8. The van der Waals surface area contributed by atoms with Crippen molar-refractivity contribution in [1.82, 2.24) is 0 Å². The summed E-state index contributed by atoms with van der Waals surface area (Å²) in [5.74, 6) is 0.676. The number of carbonyl (C=O) groups is 1. The summed E-state index contributed by atoms with van der Waals surface area (Å²) in [7, 11) is 1.58. The van der Waals surface area contributed by atoms with Gasteiger partial charge in [-0.15, -0.1) is 0 Å². The lowest BCUT2D eigenvalue weighted by Crippen LogP contribution is -2.30. The summed E-state index contributed by atoms with van der Waals surface area (Å²) < 4.78 is 33.0. The van der Waals surface area contributed by atoms with Gasteiger partial charge in [-0.3, -0.25) is 4.79 Å². The number of rotatable bonds is 10. The summed E-state index contributed by atoms with van der Waals surface area (Å²) in [6.45, 7) is 5.40. The van der Waals surface area contributed by atoms with E-state index in [0.717, 1.165) is 47.9 Å². The number of hydrogen-bond donors (Lipinski definition) is 1. The molecule has 0 amide bonds. The number of aliphatic carboxylic acids is 1. The van der Waals surface area contributed by atoms with Crippen LogP contribution in [-0.4, -0.2) is 24.8 Å². The van der Waals surface area contributed by atoms with E-state index in [4.69, 9.17) is 14.2 Å². The molecule has 5 rings (SSSR count). The molecule has 1 aliphatic carbocycles. The van der Waals surface area contributed by atoms with Gasteiger partial charge in [-0.05, 0) is 102 Å². The van der Waals surface area contributed by atoms with Gasteiger partial charge >= 0.3 is 5.97 Å². The molecule has 2 atom stereocenters. The Morgan fingerprint density at radius 2 is 1.90 bits per heavy atom. The van der Waals surface area contributed by atoms with Gasteiger partial charge in [0.2, 0.25) is 0 Å². The summed E-state index contributed by atoms with van der Waals surface area (Å²) in [5, 5.41) is 9.39. The predicted octanol–water partition coefficient (Wildman–Crippen LogP) is 7.93. The zero-order valence-electron chi connectivity index (χ0n) is 22.9. The van der Waals surface area contributed by atoms with Crippen molar-refractivity contribution < 1.29 is 28.5 Å². The van der Waals surface area contributed by atoms with E-state index < -0.39 is 5.97 Å². The monoisotopic (exact) mass is 532 g/mol. The third-order valence-electron chi connectivity index (χ3n) is 8.10. The van der Waals surface area contributed by atoms with Crippen LogP contribution in [0.2, 0.25) is 0 Å². The molecule has 1 saturated heterocycles. The highest BCUT2D eigenvalue weighted by atomic mass is 19.1. The molecule has 0 unspecified atom stereocenters. The van der Waals surface area contributed by atoms with E-state index in [9.17, 15) is 9.90 Å². The lowest BCUT2D eigenvalue weighted by molar-refractivity contribution is -0.137. The molecule has 39 heavy (non-hydrogen) atoms. The Kier molecular flexibility index (Phi) is 7.94. The topological polar surface area (TPSA) is 65.0 Å². The van der Waals surface area contributed by atoms with Crippen molar-refractivity contribution in [2.45, 2.75) is 64.6 Å². The summed E-state index contributed by atoms with van der Waals surface area (Å²) in [4.78, 5) is 11.4. The van der Waals surface area contributed by atoms with Crippen LogP contribution in [0, 0.1) is 17.2 Å². The Balaban J connectivity index is 1.44. The van der Waals surface area contributed by atoms with Gasteiger partial charge in [0, 0.05) is 12.2 Å². The van der Waals surface area contributed by atoms with Crippen LogP contribution in [0.5, 0.6) is 11.5 Å². The van der Waals surface area contributed by atoms with Crippen molar-refractivity contribution in [1.29, 1.82) is 0 Å². The van der Waals surface area contributed by atoms with Crippen LogP contribution >= 0.6 is 0 Å². The fourth-order valence-electron chi connectivity index (χ4n) is 5.84. The van der Waals surface area contributed by atoms with Crippen molar-refractivity contribution in [3.63, 3.8) is 0 Å². The molecule has 1 N–H and O–H groups in total. The smallest absolute Gasteiger partial charge is 0.303 e. The second kappa shape index (κ2) is 11.4. The number of benzene rings is 3. The zero-order valence-corrected chi connectivity index (χ0v) is 22.9. The van der Waals surface area contributed by atoms with Gasteiger partial charge in [-0.1, -0.05) is 38.1 Å². The second-order valence-corrected chi connectivity index (χ2v) is 11.5. The van der Waals surface area contributed by atoms with E-state index in [2.05, 4.69) is 19.9 Å². The molecule has 0 radical (unpaired) electrons. The molecule has 5 nitrogen and oxygen atoms in total. The fourth-order valence-corrected chi connectivity index (χ4v) is 5.84. The van der Waals surface area contributed by atoms with Crippen LogP contribution in [0.25, 0.3) is 11.1 Å². The zero-order chi connectivity index (χ0) is 27.6. The van der Waals surface area contributed by atoms with Crippen molar-refractivity contribution in [2.75, 3.05) is 13.7 Å². The maximum Gasteiger partial charge on any atom is 0.303 e. The highest BCUT2D eigenvalue weighted by Crippen LogP contribution is 2.47. The molecule has 1 aliphatic heterocycles. The van der Waals surface area contributed by atoms with Gasteiger partial charge in [0.1, 0.15) is 23.9 Å². The first-order valence-corrected chi connectivity index (χ1v) is 13.8. The highest BCUT2D eigenvalue weighted by Gasteiger charge is 2.37. The number of carboxylic acids is 1. The van der Waals surface area contributed by atoms with Crippen molar-refractivity contribution >= 4 is 5.97 Å². The molecule has 0 bridgehead atoms. The van der Waals surface area contributed by atoms with E-state index in [1.807, 2.05) is 36.4 Å². The Labute approximate surface area is 229 Å². The minimum Gasteiger partial charge on any atom is -0.497 e. The lowest BCUT2D eigenvalue weighted by atomic mass is 9.75. The standard InChI is InChI=1S/C33H37FO5/c1-33(2)14-5-15-38-32(33)29-16-21(8-12-26(29)28-18-24(37-3)11-13-30(28)34)20-39-25-7-4-6-23(17-25)27(19-31(35)36)22-9-10-22/h4,6-8,11-13,16-18,22,27,32H,5,9-10,14-15,19-20H2,1-3H3,(H,35,36)/t27-,32+/m0/s1. The van der Waals surface area contributed by atoms with Gasteiger partial charge in [-0.2, -0.15) is 0 Å². The SMILES string of the molecule is COc1ccc(F)c(-c2ccc(COc3cccc([C@@H](CC(=O)O)C4CC4)c3)cc2[C@H]2OCCCC2(C)C)c1. The molecule has 0 spiro atoms. The summed E-state index contributed by atoms with van der Waals surface area (Å²) in [6, 6.07) is 18.6. The Bertz CT molecular complexity index is 1330. The maximum atomic E-state index is 15.1. The molecular weight excluding hydrogens is 495 g/mol. The molecule has 2 aliphatic rings. The largest absolute Gasteiger partial charge is 0.497 e. The van der Waals surface area contributed by atoms with Crippen LogP contribution in [0.1, 0.15) is 74.7 Å². The van der Waals surface area contributed by atoms with Crippen molar-refractivity contribution in [3.8, 4) is 22.6 Å². The average molecular weight is 533 g/mol. The van der Waals surface area contributed by atoms with Crippen LogP contribution in [0.15, 0.2) is 60.7 Å². The summed E-state index contributed by atoms with van der Waals surface area (Å²) in [5.41, 5.74) is 4.07. The van der Waals surface area contributed by atoms with E-state index >= 15 is 4.39 Å². The molecule has 1 saturated carbocycles. The fraction of sp³-hybridized carbons (Fsp3) is 0.424. The average Bonchev–Trinajstić information content (AvgIpc) is 3.76. The lowest BCUT2D eigenvalue weighted by Gasteiger charge is -2.39. The van der Waals surface area contributed by atoms with Crippen molar-refractivity contribution in [2.24, 2.45) is 11.3 Å². The summed E-state index contributed by atoms with van der Waals surface area (Å²) in [6.07, 6.45) is 4.11. The first kappa shape index (κ1) is 27.2. The van der Waals surface area contributed by atoms with Gasteiger partial charge in [0.15, 0.2) is 0 Å². The molecule has 2 fully saturated rings. The highest BCUT2D eigenvalue weighted by molar-refractivity contribution is 5.71. The van der Waals surface area contributed by atoms with E-state index in [1.165, 1.54) is 6.07 Å². The minimum atomic E-state index is -0.772. The summed E-state index contributed by atoms with van der Waals surface area (Å²) >= 11 is 0. The van der Waals surface area contributed by atoms with Crippen LogP contribution in [-0.2, 0) is 16.1 Å². The Hall–Kier alpha value is -3.38. The first-order chi connectivity index (χ1) is 18.7. The van der Waals surface area contributed by atoms with Crippen LogP contribution in [0.3, 0.4) is 0 Å². The number of ether oxygens (including phenoxy) is 3. The van der Waals surface area contributed by atoms with Crippen molar-refractivity contribution in [3.05, 3.63) is 83.2 Å². The van der Waals surface area contributed by atoms with Gasteiger partial charge < -0.3 is 19.3 Å². The third kappa shape index (κ3) is 6.27. The second-order valence-electron chi connectivity index (χ2n) is 11.5. The van der Waals surface area contributed by atoms with Gasteiger partial charge in [-0.25, -0.2) is 4.39 Å². The minimum absolute atomic E-state index is 0.0142. The molecule has 206 valence electrons. The Morgan fingerprint density at radius 3 is 2.62 bits per heavy atom. The molecular formula is C33H37FO5. The van der Waals surface area contributed by atoms with Crippen LogP contribution in [0.4, 0.5) is 4.39 Å². The predicted molar refractivity (Wildman–Crippen MR) is 149 cm³/mol. The van der Waals surface area contributed by atoms with E-state index in [0.29, 0.717) is 36.2 Å². The van der Waals surface area contributed by atoms with Gasteiger partial charge in [0.05, 0.1) is 19.6 Å². The Morgan fingerprint density at radius 1 is 1.08 bits per heavy atom. The van der Waals surface area contributed by atoms with E-state index in [-0.39, 0.29) is 29.7 Å². The molecule has 6 heteroatoms. The molecule has 3 aromatic rings. The molecule has 3 aromatic carbocycles. The molecule has 0 aromatic heterocycles. The number of carboxylic acid groups (broad SMARTS) is 1. The van der Waals surface area contributed by atoms with E-state index in [1.54, 1.807) is 19.2 Å². The molecule has 1 heterocycles. The van der Waals surface area contributed by atoms with Crippen LogP contribution < -0.4 is 9.47 Å². The third-order valence-corrected chi connectivity index (χ3v) is 8.10. The maximum absolute atomic E-state index is 15.1.